The molecule has 0 amide bonds. The Balaban J connectivity index is 1.90. The molecule has 1 atom stereocenters. The van der Waals surface area contributed by atoms with Crippen LogP contribution in [-0.2, 0) is 0 Å². The largest absolute Gasteiger partial charge is 0.378 e. The Bertz CT molecular complexity index is 855. The van der Waals surface area contributed by atoms with Gasteiger partial charge in [0.2, 0.25) is 0 Å². The van der Waals surface area contributed by atoms with Gasteiger partial charge >= 0.3 is 5.69 Å². The summed E-state index contributed by atoms with van der Waals surface area (Å²) in [4.78, 5) is 16.7. The normalized spacial score (nSPS) is 12.5. The Labute approximate surface area is 128 Å². The van der Waals surface area contributed by atoms with E-state index in [9.17, 15) is 9.18 Å². The van der Waals surface area contributed by atoms with Crippen LogP contribution in [0.15, 0.2) is 45.7 Å². The number of halogens is 2. The van der Waals surface area contributed by atoms with E-state index in [-0.39, 0.29) is 17.5 Å². The molecule has 0 bridgehead atoms. The van der Waals surface area contributed by atoms with Gasteiger partial charge < -0.3 is 15.3 Å². The van der Waals surface area contributed by atoms with Crippen LogP contribution in [-0.4, -0.2) is 9.97 Å². The number of imidazole rings is 1. The number of aromatic nitrogens is 2. The lowest BCUT2D eigenvalue weighted by atomic mass is 10.1. The summed E-state index contributed by atoms with van der Waals surface area (Å²) in [6, 6.07) is 10.1. The van der Waals surface area contributed by atoms with Crippen LogP contribution in [0, 0.1) is 5.82 Å². The molecule has 0 radical (unpaired) electrons. The van der Waals surface area contributed by atoms with Gasteiger partial charge in [0.1, 0.15) is 5.82 Å². The molecule has 108 valence electrons. The molecule has 3 rings (SSSR count). The van der Waals surface area contributed by atoms with E-state index in [4.69, 9.17) is 0 Å². The number of fused-ring (bicyclic) bond motifs is 1. The molecular weight excluding hydrogens is 337 g/mol. The van der Waals surface area contributed by atoms with Gasteiger partial charge in [-0.1, -0.05) is 6.07 Å². The number of hydrogen-bond acceptors (Lipinski definition) is 2. The molecule has 1 unspecified atom stereocenters. The summed E-state index contributed by atoms with van der Waals surface area (Å²) in [5, 5.41) is 3.25. The van der Waals surface area contributed by atoms with Gasteiger partial charge in [-0.2, -0.15) is 0 Å². The van der Waals surface area contributed by atoms with E-state index in [0.717, 1.165) is 21.1 Å². The molecule has 6 heteroatoms. The first-order valence-electron chi connectivity index (χ1n) is 6.46. The zero-order chi connectivity index (χ0) is 15.0. The summed E-state index contributed by atoms with van der Waals surface area (Å²) in [5.41, 5.74) is 2.97. The third-order valence-corrected chi connectivity index (χ3v) is 4.03. The van der Waals surface area contributed by atoms with Gasteiger partial charge in [-0.25, -0.2) is 9.18 Å². The second-order valence-electron chi connectivity index (χ2n) is 4.87. The smallest absolute Gasteiger partial charge is 0.323 e. The molecule has 0 aliphatic carbocycles. The van der Waals surface area contributed by atoms with Gasteiger partial charge in [-0.05, 0) is 58.7 Å². The van der Waals surface area contributed by atoms with Crippen LogP contribution in [0.3, 0.4) is 0 Å². The molecule has 3 N–H and O–H groups in total. The molecule has 21 heavy (non-hydrogen) atoms. The van der Waals surface area contributed by atoms with Crippen molar-refractivity contribution in [3.63, 3.8) is 0 Å². The standard InChI is InChI=1S/C15H13BrFN3O/c1-8(18-13-7-10(17)3-4-11(13)16)9-2-5-12-14(6-9)20-15(21)19-12/h2-8,18H,1H3,(H2,19,20,21). The van der Waals surface area contributed by atoms with E-state index in [0.29, 0.717) is 5.69 Å². The molecule has 0 spiro atoms. The van der Waals surface area contributed by atoms with Crippen molar-refractivity contribution in [1.82, 2.24) is 9.97 Å². The molecule has 1 heterocycles. The summed E-state index contributed by atoms with van der Waals surface area (Å²) >= 11 is 3.39. The highest BCUT2D eigenvalue weighted by atomic mass is 79.9. The molecule has 0 aliphatic rings. The monoisotopic (exact) mass is 349 g/mol. The topological polar surface area (TPSA) is 60.7 Å². The third-order valence-electron chi connectivity index (χ3n) is 3.34. The first kappa shape index (κ1) is 13.9. The zero-order valence-electron chi connectivity index (χ0n) is 11.2. The minimum absolute atomic E-state index is 0.0362. The van der Waals surface area contributed by atoms with Crippen molar-refractivity contribution in [2.75, 3.05) is 5.32 Å². The maximum absolute atomic E-state index is 13.3. The second-order valence-corrected chi connectivity index (χ2v) is 5.73. The predicted octanol–water partition coefficient (Wildman–Crippen LogP) is 3.93. The maximum atomic E-state index is 13.3. The summed E-state index contributed by atoms with van der Waals surface area (Å²) in [7, 11) is 0. The summed E-state index contributed by atoms with van der Waals surface area (Å²) in [6.07, 6.45) is 0. The van der Waals surface area contributed by atoms with Gasteiger partial charge in [-0.15, -0.1) is 0 Å². The van der Waals surface area contributed by atoms with Crippen LogP contribution in [0.25, 0.3) is 11.0 Å². The number of rotatable bonds is 3. The highest BCUT2D eigenvalue weighted by molar-refractivity contribution is 9.10. The van der Waals surface area contributed by atoms with Gasteiger partial charge in [0.25, 0.3) is 0 Å². The molecular formula is C15H13BrFN3O. The minimum atomic E-state index is -0.293. The van der Waals surface area contributed by atoms with E-state index in [1.807, 2.05) is 25.1 Å². The van der Waals surface area contributed by atoms with Gasteiger partial charge in [0.15, 0.2) is 0 Å². The van der Waals surface area contributed by atoms with Gasteiger partial charge in [-0.3, -0.25) is 0 Å². The van der Waals surface area contributed by atoms with Gasteiger partial charge in [0.05, 0.1) is 16.7 Å². The summed E-state index contributed by atoms with van der Waals surface area (Å²) < 4.78 is 14.1. The predicted molar refractivity (Wildman–Crippen MR) is 85.1 cm³/mol. The molecule has 0 aliphatic heterocycles. The van der Waals surface area contributed by atoms with E-state index >= 15 is 0 Å². The molecule has 0 saturated carbocycles. The summed E-state index contributed by atoms with van der Waals surface area (Å²) in [5.74, 6) is -0.293. The lowest BCUT2D eigenvalue weighted by molar-refractivity contribution is 0.627. The van der Waals surface area contributed by atoms with Crippen LogP contribution in [0.4, 0.5) is 10.1 Å². The Hall–Kier alpha value is -2.08. The molecule has 4 nitrogen and oxygen atoms in total. The van der Waals surface area contributed by atoms with E-state index in [2.05, 4.69) is 31.2 Å². The van der Waals surface area contributed by atoms with Gasteiger partial charge in [0, 0.05) is 10.5 Å². The van der Waals surface area contributed by atoms with E-state index in [1.54, 1.807) is 6.07 Å². The average molecular weight is 350 g/mol. The minimum Gasteiger partial charge on any atom is -0.378 e. The van der Waals surface area contributed by atoms with Crippen molar-refractivity contribution in [3.05, 3.63) is 62.7 Å². The second kappa shape index (κ2) is 5.37. The van der Waals surface area contributed by atoms with E-state index < -0.39 is 0 Å². The quantitative estimate of drug-likeness (QED) is 0.670. The Morgan fingerprint density at radius 3 is 2.71 bits per heavy atom. The lowest BCUT2D eigenvalue weighted by Gasteiger charge is -2.17. The van der Waals surface area contributed by atoms with Crippen LogP contribution in [0.1, 0.15) is 18.5 Å². The fraction of sp³-hybridized carbons (Fsp3) is 0.133. The molecule has 0 fully saturated rings. The Kier molecular flexibility index (Phi) is 3.55. The average Bonchev–Trinajstić information content (AvgIpc) is 2.81. The van der Waals surface area contributed by atoms with Crippen LogP contribution < -0.4 is 11.0 Å². The molecule has 1 aromatic heterocycles. The zero-order valence-corrected chi connectivity index (χ0v) is 12.8. The summed E-state index contributed by atoms with van der Waals surface area (Å²) in [6.45, 7) is 1.98. The first-order chi connectivity index (χ1) is 10.0. The fourth-order valence-electron chi connectivity index (χ4n) is 2.24. The SMILES string of the molecule is CC(Nc1cc(F)ccc1Br)c1ccc2[nH]c(=O)[nH]c2c1. The van der Waals surface area contributed by atoms with Crippen LogP contribution in [0.5, 0.6) is 0 Å². The van der Waals surface area contributed by atoms with Crippen LogP contribution in [0.2, 0.25) is 0 Å². The Morgan fingerprint density at radius 1 is 1.14 bits per heavy atom. The Morgan fingerprint density at radius 2 is 1.90 bits per heavy atom. The maximum Gasteiger partial charge on any atom is 0.323 e. The van der Waals surface area contributed by atoms with Crippen molar-refractivity contribution in [1.29, 1.82) is 0 Å². The highest BCUT2D eigenvalue weighted by Gasteiger charge is 2.10. The van der Waals surface area contributed by atoms with E-state index in [1.165, 1.54) is 12.1 Å². The van der Waals surface area contributed by atoms with Crippen LogP contribution >= 0.6 is 15.9 Å². The number of nitrogens with one attached hydrogen (secondary N) is 3. The molecule has 2 aromatic carbocycles. The number of H-pyrrole nitrogens is 2. The molecule has 3 aromatic rings. The number of aromatic amines is 2. The lowest BCUT2D eigenvalue weighted by Crippen LogP contribution is -2.07. The molecule has 0 saturated heterocycles. The van der Waals surface area contributed by atoms with Crippen molar-refractivity contribution in [2.45, 2.75) is 13.0 Å². The van der Waals surface area contributed by atoms with Crippen molar-refractivity contribution in [2.24, 2.45) is 0 Å². The third kappa shape index (κ3) is 2.85. The van der Waals surface area contributed by atoms with Crippen molar-refractivity contribution in [3.8, 4) is 0 Å². The number of benzene rings is 2. The first-order valence-corrected chi connectivity index (χ1v) is 7.26. The number of hydrogen-bond donors (Lipinski definition) is 3. The fourth-order valence-corrected chi connectivity index (χ4v) is 2.61. The number of anilines is 1. The highest BCUT2D eigenvalue weighted by Crippen LogP contribution is 2.28. The van der Waals surface area contributed by atoms with Crippen molar-refractivity contribution >= 4 is 32.7 Å². The van der Waals surface area contributed by atoms with Crippen molar-refractivity contribution < 1.29 is 4.39 Å².